The van der Waals surface area contributed by atoms with E-state index >= 15 is 0 Å². The Bertz CT molecular complexity index is 1540. The lowest BCUT2D eigenvalue weighted by atomic mass is 9.78. The molecule has 0 aromatic heterocycles. The van der Waals surface area contributed by atoms with Crippen LogP contribution >= 0.6 is 0 Å². The minimum Gasteiger partial charge on any atom is -0.481 e. The van der Waals surface area contributed by atoms with Gasteiger partial charge in [-0.2, -0.15) is 0 Å². The zero-order valence-electron chi connectivity index (χ0n) is 26.6. The molecule has 2 fully saturated rings. The van der Waals surface area contributed by atoms with Gasteiger partial charge < -0.3 is 24.6 Å². The van der Waals surface area contributed by atoms with Gasteiger partial charge in [-0.15, -0.1) is 0 Å². The lowest BCUT2D eigenvalue weighted by Gasteiger charge is -2.48. The quantitative estimate of drug-likeness (QED) is 0.177. The largest absolute Gasteiger partial charge is 0.481 e. The van der Waals surface area contributed by atoms with Crippen LogP contribution in [0.25, 0.3) is 0 Å². The van der Waals surface area contributed by atoms with Crippen molar-refractivity contribution in [3.8, 4) is 0 Å². The Hall–Kier alpha value is -3.99. The summed E-state index contributed by atoms with van der Waals surface area (Å²) in [6.07, 6.45) is 1.07. The summed E-state index contributed by atoms with van der Waals surface area (Å²) in [4.78, 5) is 39.1. The van der Waals surface area contributed by atoms with Crippen molar-refractivity contribution in [2.45, 2.75) is 63.7 Å². The molecular formula is C37H41F2NO7. The standard InChI is InChI=1S/C37H41F2NO7/c1-23(2)32(36(44)45)19-30(41)20-47-37(21-46-22-37)18-17-24-3-5-26(6-4-24)34-31(15-16-33(42)25-7-9-27(38)10-8-25)35(43)40(34)29-13-11-28(39)12-14-29/h3-14,23,31-34,42H,15-22H2,1-2H3,(H,44,45)/t31-,32-,33+,34-/m1/s1. The number of ether oxygens (including phenoxy) is 2. The molecule has 0 bridgehead atoms. The Morgan fingerprint density at radius 1 is 0.979 bits per heavy atom. The Balaban J connectivity index is 1.23. The minimum atomic E-state index is -0.987. The number of carboxylic acid groups (broad SMARTS) is 1. The van der Waals surface area contributed by atoms with E-state index in [1.54, 1.807) is 30.9 Å². The van der Waals surface area contributed by atoms with E-state index in [-0.39, 0.29) is 42.5 Å². The van der Waals surface area contributed by atoms with Gasteiger partial charge in [0.15, 0.2) is 5.78 Å². The molecular weight excluding hydrogens is 608 g/mol. The third-order valence-corrected chi connectivity index (χ3v) is 9.35. The smallest absolute Gasteiger partial charge is 0.307 e. The molecule has 4 atom stereocenters. The van der Waals surface area contributed by atoms with Gasteiger partial charge in [0.1, 0.15) is 23.8 Å². The molecule has 47 heavy (non-hydrogen) atoms. The Kier molecular flexibility index (Phi) is 10.8. The maximum Gasteiger partial charge on any atom is 0.307 e. The molecule has 2 heterocycles. The molecule has 0 unspecified atom stereocenters. The lowest BCUT2D eigenvalue weighted by Crippen LogP contribution is -2.55. The SMILES string of the molecule is CC(C)[C@@H](CC(=O)COC1(CCc2ccc([C@@H]3[C@@H](CC[C@H](O)c4ccc(F)cc4)C(=O)N3c3ccc(F)cc3)cc2)COC1)C(=O)O. The maximum absolute atomic E-state index is 13.7. The van der Waals surface area contributed by atoms with Crippen molar-refractivity contribution in [2.24, 2.45) is 17.8 Å². The number of aliphatic hydroxyl groups excluding tert-OH is 1. The van der Waals surface area contributed by atoms with Crippen LogP contribution in [0.2, 0.25) is 0 Å². The van der Waals surface area contributed by atoms with Gasteiger partial charge in [-0.25, -0.2) is 8.78 Å². The number of aliphatic hydroxyl groups is 1. The number of carbonyl (C=O) groups excluding carboxylic acids is 2. The van der Waals surface area contributed by atoms with Crippen LogP contribution in [0.4, 0.5) is 14.5 Å². The highest BCUT2D eigenvalue weighted by Gasteiger charge is 2.48. The van der Waals surface area contributed by atoms with Crippen molar-refractivity contribution in [1.82, 2.24) is 0 Å². The molecule has 0 spiro atoms. The second kappa shape index (κ2) is 14.8. The molecule has 8 nitrogen and oxygen atoms in total. The molecule has 2 aliphatic heterocycles. The van der Waals surface area contributed by atoms with E-state index in [4.69, 9.17) is 9.47 Å². The summed E-state index contributed by atoms with van der Waals surface area (Å²) in [6, 6.07) is 19.1. The summed E-state index contributed by atoms with van der Waals surface area (Å²) in [5.74, 6) is -3.45. The average Bonchev–Trinajstić information content (AvgIpc) is 3.03. The number of Topliss-reactive ketones (excluding diaryl/α,β-unsaturated/α-hetero) is 1. The van der Waals surface area contributed by atoms with E-state index in [0.717, 1.165) is 11.1 Å². The first-order valence-electron chi connectivity index (χ1n) is 16.0. The highest BCUT2D eigenvalue weighted by molar-refractivity contribution is 6.03. The summed E-state index contributed by atoms with van der Waals surface area (Å²) in [7, 11) is 0. The molecule has 3 aromatic rings. The zero-order chi connectivity index (χ0) is 33.7. The summed E-state index contributed by atoms with van der Waals surface area (Å²) >= 11 is 0. The van der Waals surface area contributed by atoms with Gasteiger partial charge in [0, 0.05) is 12.1 Å². The van der Waals surface area contributed by atoms with Crippen LogP contribution in [0, 0.1) is 29.4 Å². The first-order chi connectivity index (χ1) is 22.5. The van der Waals surface area contributed by atoms with Crippen LogP contribution in [0.15, 0.2) is 72.8 Å². The number of hydrogen-bond donors (Lipinski definition) is 2. The predicted octanol–water partition coefficient (Wildman–Crippen LogP) is 6.22. The van der Waals surface area contributed by atoms with Crippen LogP contribution in [0.3, 0.4) is 0 Å². The van der Waals surface area contributed by atoms with Crippen molar-refractivity contribution >= 4 is 23.3 Å². The number of benzene rings is 3. The Labute approximate surface area is 273 Å². The first kappa shape index (κ1) is 34.3. The number of β-lactam (4-membered cyclic amide) rings is 1. The third-order valence-electron chi connectivity index (χ3n) is 9.35. The van der Waals surface area contributed by atoms with Gasteiger partial charge in [-0.3, -0.25) is 14.4 Å². The molecule has 250 valence electrons. The molecule has 3 aromatic carbocycles. The van der Waals surface area contributed by atoms with Crippen molar-refractivity contribution in [2.75, 3.05) is 24.7 Å². The van der Waals surface area contributed by atoms with Gasteiger partial charge in [-0.1, -0.05) is 50.2 Å². The molecule has 2 N–H and O–H groups in total. The second-order valence-electron chi connectivity index (χ2n) is 13.0. The fraction of sp³-hybridized carbons (Fsp3) is 0.432. The number of carbonyl (C=O) groups is 3. The van der Waals surface area contributed by atoms with Gasteiger partial charge >= 0.3 is 5.97 Å². The summed E-state index contributed by atoms with van der Waals surface area (Å²) in [5, 5.41) is 20.1. The number of ketones is 1. The molecule has 1 amide bonds. The fourth-order valence-corrected chi connectivity index (χ4v) is 6.32. The van der Waals surface area contributed by atoms with Crippen molar-refractivity contribution in [3.05, 3.63) is 101 Å². The van der Waals surface area contributed by atoms with E-state index in [2.05, 4.69) is 0 Å². The van der Waals surface area contributed by atoms with Crippen LogP contribution in [-0.2, 0) is 30.3 Å². The highest BCUT2D eigenvalue weighted by Crippen LogP contribution is 2.46. The van der Waals surface area contributed by atoms with Crippen molar-refractivity contribution in [1.29, 1.82) is 0 Å². The number of rotatable bonds is 16. The average molecular weight is 650 g/mol. The Morgan fingerprint density at radius 3 is 2.15 bits per heavy atom. The third kappa shape index (κ3) is 8.12. The van der Waals surface area contributed by atoms with Crippen molar-refractivity contribution < 1.29 is 42.9 Å². The van der Waals surface area contributed by atoms with Crippen LogP contribution in [-0.4, -0.2) is 53.3 Å². The maximum atomic E-state index is 13.7. The predicted molar refractivity (Wildman–Crippen MR) is 171 cm³/mol. The number of hydrogen-bond acceptors (Lipinski definition) is 6. The lowest BCUT2D eigenvalue weighted by molar-refractivity contribution is -0.212. The van der Waals surface area contributed by atoms with Gasteiger partial charge in [-0.05, 0) is 84.7 Å². The fourth-order valence-electron chi connectivity index (χ4n) is 6.32. The monoisotopic (exact) mass is 649 g/mol. The number of aliphatic carboxylic acids is 1. The van der Waals surface area contributed by atoms with E-state index in [1.165, 1.54) is 36.4 Å². The van der Waals surface area contributed by atoms with E-state index in [0.29, 0.717) is 50.1 Å². The van der Waals surface area contributed by atoms with Gasteiger partial charge in [0.25, 0.3) is 0 Å². The number of aryl methyl sites for hydroxylation is 1. The number of carboxylic acids is 1. The topological polar surface area (TPSA) is 113 Å². The summed E-state index contributed by atoms with van der Waals surface area (Å²) in [5.41, 5.74) is 2.49. The number of amides is 1. The molecule has 2 saturated heterocycles. The van der Waals surface area contributed by atoms with Crippen LogP contribution < -0.4 is 4.90 Å². The van der Waals surface area contributed by atoms with E-state index < -0.39 is 35.3 Å². The summed E-state index contributed by atoms with van der Waals surface area (Å²) in [6.45, 7) is 4.11. The van der Waals surface area contributed by atoms with Gasteiger partial charge in [0.05, 0.1) is 37.2 Å². The second-order valence-corrected chi connectivity index (χ2v) is 13.0. The van der Waals surface area contributed by atoms with E-state index in [9.17, 15) is 33.4 Å². The van der Waals surface area contributed by atoms with Gasteiger partial charge in [0.2, 0.25) is 5.91 Å². The number of anilines is 1. The normalized spacial score (nSPS) is 20.0. The van der Waals surface area contributed by atoms with Crippen molar-refractivity contribution in [3.63, 3.8) is 0 Å². The summed E-state index contributed by atoms with van der Waals surface area (Å²) < 4.78 is 38.5. The molecule has 5 rings (SSSR count). The first-order valence-corrected chi connectivity index (χ1v) is 16.0. The molecule has 0 aliphatic carbocycles. The molecule has 2 aliphatic rings. The number of halogens is 2. The Morgan fingerprint density at radius 2 is 1.60 bits per heavy atom. The van der Waals surface area contributed by atoms with Crippen LogP contribution in [0.5, 0.6) is 0 Å². The van der Waals surface area contributed by atoms with Crippen LogP contribution in [0.1, 0.15) is 68.4 Å². The molecule has 10 heteroatoms. The highest BCUT2D eigenvalue weighted by atomic mass is 19.1. The van der Waals surface area contributed by atoms with E-state index in [1.807, 2.05) is 24.3 Å². The molecule has 0 radical (unpaired) electrons. The molecule has 0 saturated carbocycles. The number of nitrogens with zero attached hydrogens (tertiary/aromatic N) is 1. The minimum absolute atomic E-state index is 0.0732. The zero-order valence-corrected chi connectivity index (χ0v) is 26.6.